The van der Waals surface area contributed by atoms with E-state index in [1.165, 1.54) is 0 Å². The second-order valence-electron chi connectivity index (χ2n) is 6.14. The van der Waals surface area contributed by atoms with Gasteiger partial charge in [0.15, 0.2) is 17.3 Å². The average Bonchev–Trinajstić information content (AvgIpc) is 2.06. The van der Waals surface area contributed by atoms with E-state index in [0.29, 0.717) is 0 Å². The van der Waals surface area contributed by atoms with E-state index in [-0.39, 0.29) is 11.5 Å². The van der Waals surface area contributed by atoms with Crippen molar-refractivity contribution in [1.82, 2.24) is 0 Å². The van der Waals surface area contributed by atoms with Crippen LogP contribution >= 0.6 is 0 Å². The van der Waals surface area contributed by atoms with Crippen LogP contribution < -0.4 is 9.47 Å². The molecule has 0 fully saturated rings. The van der Waals surface area contributed by atoms with Crippen LogP contribution in [0.4, 0.5) is 8.78 Å². The summed E-state index contributed by atoms with van der Waals surface area (Å²) in [6.45, 7) is 10.8. The highest BCUT2D eigenvalue weighted by Gasteiger charge is 2.23. The maximum atomic E-state index is 13.8. The molecule has 0 aliphatic heterocycles. The van der Waals surface area contributed by atoms with Gasteiger partial charge < -0.3 is 9.47 Å². The molecule has 18 heavy (non-hydrogen) atoms. The van der Waals surface area contributed by atoms with Crippen LogP contribution in [-0.2, 0) is 0 Å². The molecule has 2 nitrogen and oxygen atoms in total. The lowest BCUT2D eigenvalue weighted by Gasteiger charge is -2.27. The lowest BCUT2D eigenvalue weighted by Crippen LogP contribution is -2.27. The third-order valence-electron chi connectivity index (χ3n) is 1.80. The predicted octanol–water partition coefficient (Wildman–Crippen LogP) is 4.32. The normalized spacial score (nSPS) is 12.4. The molecule has 0 N–H and O–H groups in total. The molecule has 0 bridgehead atoms. The minimum Gasteiger partial charge on any atom is -0.484 e. The Bertz CT molecular complexity index is 429. The Morgan fingerprint density at radius 2 is 1.33 bits per heavy atom. The van der Waals surface area contributed by atoms with E-state index >= 15 is 0 Å². The fourth-order valence-corrected chi connectivity index (χ4v) is 1.35. The summed E-state index contributed by atoms with van der Waals surface area (Å²) >= 11 is 0. The van der Waals surface area contributed by atoms with E-state index < -0.39 is 22.8 Å². The van der Waals surface area contributed by atoms with Crippen molar-refractivity contribution in [2.75, 3.05) is 0 Å². The van der Waals surface area contributed by atoms with Crippen molar-refractivity contribution < 1.29 is 18.3 Å². The fraction of sp³-hybridized carbons (Fsp3) is 0.571. The lowest BCUT2D eigenvalue weighted by molar-refractivity contribution is 0.0905. The van der Waals surface area contributed by atoms with Crippen molar-refractivity contribution in [3.05, 3.63) is 23.8 Å². The van der Waals surface area contributed by atoms with Gasteiger partial charge in [0.1, 0.15) is 17.0 Å². The monoisotopic (exact) mass is 258 g/mol. The molecule has 0 radical (unpaired) electrons. The molecule has 102 valence electrons. The van der Waals surface area contributed by atoms with Crippen molar-refractivity contribution in [3.63, 3.8) is 0 Å². The molecule has 1 rings (SSSR count). The fourth-order valence-electron chi connectivity index (χ4n) is 1.35. The van der Waals surface area contributed by atoms with Crippen LogP contribution in [0.3, 0.4) is 0 Å². The number of hydrogen-bond acceptors (Lipinski definition) is 2. The third-order valence-corrected chi connectivity index (χ3v) is 1.80. The van der Waals surface area contributed by atoms with Crippen molar-refractivity contribution in [3.8, 4) is 11.5 Å². The first-order valence-electron chi connectivity index (χ1n) is 5.85. The van der Waals surface area contributed by atoms with Crippen LogP contribution in [0.25, 0.3) is 0 Å². The zero-order valence-electron chi connectivity index (χ0n) is 11.7. The second-order valence-corrected chi connectivity index (χ2v) is 6.14. The standard InChI is InChI=1S/C14H20F2O2/c1-13(2,3)17-11-8-9(15)7-10(16)12(11)18-14(4,5)6/h7-8H,1-6H3. The Morgan fingerprint density at radius 3 is 1.78 bits per heavy atom. The van der Waals surface area contributed by atoms with Gasteiger partial charge in [-0.25, -0.2) is 8.78 Å². The highest BCUT2D eigenvalue weighted by molar-refractivity contribution is 5.42. The lowest BCUT2D eigenvalue weighted by atomic mass is 10.1. The number of halogens is 2. The van der Waals surface area contributed by atoms with Crippen LogP contribution in [0.2, 0.25) is 0 Å². The quantitative estimate of drug-likeness (QED) is 0.786. The summed E-state index contributed by atoms with van der Waals surface area (Å²) < 4.78 is 38.0. The SMILES string of the molecule is CC(C)(C)Oc1cc(F)cc(F)c1OC(C)(C)C. The van der Waals surface area contributed by atoms with Gasteiger partial charge in [0.2, 0.25) is 0 Å². The van der Waals surface area contributed by atoms with Gasteiger partial charge in [0.05, 0.1) is 0 Å². The van der Waals surface area contributed by atoms with Crippen molar-refractivity contribution >= 4 is 0 Å². The van der Waals surface area contributed by atoms with Crippen LogP contribution in [0.1, 0.15) is 41.5 Å². The van der Waals surface area contributed by atoms with E-state index in [1.54, 1.807) is 41.5 Å². The molecule has 0 aliphatic rings. The molecule has 4 heteroatoms. The first kappa shape index (κ1) is 14.7. The molecule has 0 aromatic heterocycles. The second kappa shape index (κ2) is 4.75. The van der Waals surface area contributed by atoms with Gasteiger partial charge >= 0.3 is 0 Å². The molecule has 0 atom stereocenters. The average molecular weight is 258 g/mol. The smallest absolute Gasteiger partial charge is 0.197 e. The Balaban J connectivity index is 3.21. The molecule has 0 unspecified atom stereocenters. The summed E-state index contributed by atoms with van der Waals surface area (Å²) in [5.74, 6) is -1.43. The summed E-state index contributed by atoms with van der Waals surface area (Å²) in [6, 6.07) is 1.92. The molecule has 0 heterocycles. The third kappa shape index (κ3) is 4.51. The Kier molecular flexibility index (Phi) is 3.89. The Labute approximate surface area is 107 Å². The summed E-state index contributed by atoms with van der Waals surface area (Å²) in [5, 5.41) is 0. The molecule has 0 aliphatic carbocycles. The zero-order chi connectivity index (χ0) is 14.1. The number of benzene rings is 1. The molecule has 0 amide bonds. The number of ether oxygens (including phenoxy) is 2. The van der Waals surface area contributed by atoms with Crippen molar-refractivity contribution in [2.45, 2.75) is 52.7 Å². The van der Waals surface area contributed by atoms with Crippen LogP contribution in [0.15, 0.2) is 12.1 Å². The van der Waals surface area contributed by atoms with E-state index in [0.717, 1.165) is 12.1 Å². The maximum absolute atomic E-state index is 13.8. The summed E-state index contributed by atoms with van der Waals surface area (Å²) in [4.78, 5) is 0. The molecule has 0 saturated carbocycles. The van der Waals surface area contributed by atoms with Crippen LogP contribution in [0.5, 0.6) is 11.5 Å². The molecule has 1 aromatic rings. The van der Waals surface area contributed by atoms with Gasteiger partial charge in [0.25, 0.3) is 0 Å². The topological polar surface area (TPSA) is 18.5 Å². The van der Waals surface area contributed by atoms with Gasteiger partial charge in [-0.15, -0.1) is 0 Å². The zero-order valence-corrected chi connectivity index (χ0v) is 11.7. The number of hydrogen-bond donors (Lipinski definition) is 0. The summed E-state index contributed by atoms with van der Waals surface area (Å²) in [6.07, 6.45) is 0. The Morgan fingerprint density at radius 1 is 0.833 bits per heavy atom. The summed E-state index contributed by atoms with van der Waals surface area (Å²) in [5.41, 5.74) is -1.15. The van der Waals surface area contributed by atoms with Gasteiger partial charge in [-0.1, -0.05) is 0 Å². The Hall–Kier alpha value is -1.32. The maximum Gasteiger partial charge on any atom is 0.197 e. The van der Waals surface area contributed by atoms with Gasteiger partial charge in [-0.2, -0.15) is 0 Å². The van der Waals surface area contributed by atoms with E-state index in [9.17, 15) is 8.78 Å². The highest BCUT2D eigenvalue weighted by atomic mass is 19.1. The molecule has 1 aromatic carbocycles. The van der Waals surface area contributed by atoms with Gasteiger partial charge in [-0.05, 0) is 41.5 Å². The van der Waals surface area contributed by atoms with E-state index in [1.807, 2.05) is 0 Å². The minimum absolute atomic E-state index is 0.0566. The first-order valence-corrected chi connectivity index (χ1v) is 5.85. The minimum atomic E-state index is -0.760. The molecular formula is C14H20F2O2. The molecular weight excluding hydrogens is 238 g/mol. The molecule has 0 spiro atoms. The number of rotatable bonds is 2. The highest BCUT2D eigenvalue weighted by Crippen LogP contribution is 2.36. The van der Waals surface area contributed by atoms with Crippen molar-refractivity contribution in [1.29, 1.82) is 0 Å². The van der Waals surface area contributed by atoms with E-state index in [2.05, 4.69) is 0 Å². The van der Waals surface area contributed by atoms with E-state index in [4.69, 9.17) is 9.47 Å². The van der Waals surface area contributed by atoms with Crippen LogP contribution in [-0.4, -0.2) is 11.2 Å². The first-order chi connectivity index (χ1) is 7.98. The van der Waals surface area contributed by atoms with Gasteiger partial charge in [-0.3, -0.25) is 0 Å². The largest absolute Gasteiger partial charge is 0.484 e. The predicted molar refractivity (Wildman–Crippen MR) is 67.1 cm³/mol. The van der Waals surface area contributed by atoms with Crippen LogP contribution in [0, 0.1) is 11.6 Å². The van der Waals surface area contributed by atoms with Gasteiger partial charge in [0, 0.05) is 12.1 Å². The van der Waals surface area contributed by atoms with Crippen molar-refractivity contribution in [2.24, 2.45) is 0 Å². The molecule has 0 saturated heterocycles. The summed E-state index contributed by atoms with van der Waals surface area (Å²) in [7, 11) is 0.